The predicted molar refractivity (Wildman–Crippen MR) is 115 cm³/mol. The molecule has 3 rings (SSSR count). The van der Waals surface area contributed by atoms with Crippen LogP contribution in [0.1, 0.15) is 35.3 Å². The quantitative estimate of drug-likeness (QED) is 0.471. The van der Waals surface area contributed by atoms with Gasteiger partial charge in [-0.2, -0.15) is 13.2 Å². The average molecular weight is 413 g/mol. The van der Waals surface area contributed by atoms with E-state index in [1.807, 2.05) is 45.2 Å². The van der Waals surface area contributed by atoms with Crippen molar-refractivity contribution >= 4 is 5.82 Å². The van der Waals surface area contributed by atoms with Gasteiger partial charge in [0.15, 0.2) is 0 Å². The number of nitrogens with zero attached hydrogens (tertiary/aromatic N) is 2. The van der Waals surface area contributed by atoms with Gasteiger partial charge in [0.25, 0.3) is 0 Å². The van der Waals surface area contributed by atoms with Crippen molar-refractivity contribution in [3.8, 4) is 11.3 Å². The van der Waals surface area contributed by atoms with Crippen molar-refractivity contribution in [3.05, 3.63) is 82.9 Å². The molecule has 0 spiro atoms. The summed E-state index contributed by atoms with van der Waals surface area (Å²) in [5, 5.41) is 3.43. The number of hydrogen-bond acceptors (Lipinski definition) is 3. The van der Waals surface area contributed by atoms with Crippen molar-refractivity contribution < 1.29 is 13.2 Å². The number of aromatic nitrogens is 1. The number of hydrogen-bond donors (Lipinski definition) is 1. The SMILES string of the molecule is CCN(C)C(Nc1cc(C)cc(-c2ccccc2C(F)(F)F)n1)c1ccccc1C. The summed E-state index contributed by atoms with van der Waals surface area (Å²) < 4.78 is 40.5. The van der Waals surface area contributed by atoms with Gasteiger partial charge in [-0.05, 0) is 62.3 Å². The molecular formula is C24H26F3N3. The Bertz CT molecular complexity index is 1010. The van der Waals surface area contributed by atoms with Crippen LogP contribution < -0.4 is 5.32 Å². The summed E-state index contributed by atoms with van der Waals surface area (Å²) in [6, 6.07) is 17.1. The van der Waals surface area contributed by atoms with E-state index >= 15 is 0 Å². The smallest absolute Gasteiger partial charge is 0.351 e. The number of rotatable bonds is 6. The van der Waals surface area contributed by atoms with Gasteiger partial charge in [-0.1, -0.05) is 49.4 Å². The highest BCUT2D eigenvalue weighted by atomic mass is 19.4. The van der Waals surface area contributed by atoms with Crippen LogP contribution in [0.2, 0.25) is 0 Å². The fraction of sp³-hybridized carbons (Fsp3) is 0.292. The fourth-order valence-electron chi connectivity index (χ4n) is 3.47. The largest absolute Gasteiger partial charge is 0.417 e. The molecule has 0 saturated carbocycles. The molecule has 0 aliphatic heterocycles. The number of pyridine rings is 1. The Kier molecular flexibility index (Phi) is 6.46. The van der Waals surface area contributed by atoms with Crippen molar-refractivity contribution in [2.24, 2.45) is 0 Å². The third kappa shape index (κ3) is 4.82. The van der Waals surface area contributed by atoms with Crippen LogP contribution in [0.4, 0.5) is 19.0 Å². The van der Waals surface area contributed by atoms with E-state index in [4.69, 9.17) is 0 Å². The van der Waals surface area contributed by atoms with Crippen LogP contribution in [0.5, 0.6) is 0 Å². The molecule has 0 amide bonds. The van der Waals surface area contributed by atoms with Crippen LogP contribution in [-0.2, 0) is 6.18 Å². The molecule has 6 heteroatoms. The summed E-state index contributed by atoms with van der Waals surface area (Å²) >= 11 is 0. The molecule has 3 nitrogen and oxygen atoms in total. The molecule has 1 heterocycles. The Morgan fingerprint density at radius 3 is 2.33 bits per heavy atom. The molecule has 0 bridgehead atoms. The van der Waals surface area contributed by atoms with Gasteiger partial charge in [-0.15, -0.1) is 0 Å². The van der Waals surface area contributed by atoms with Gasteiger partial charge in [-0.25, -0.2) is 4.98 Å². The average Bonchev–Trinajstić information content (AvgIpc) is 2.71. The first-order valence-electron chi connectivity index (χ1n) is 9.88. The lowest BCUT2D eigenvalue weighted by Crippen LogP contribution is -2.31. The van der Waals surface area contributed by atoms with E-state index < -0.39 is 11.7 Å². The van der Waals surface area contributed by atoms with Gasteiger partial charge in [0.2, 0.25) is 0 Å². The molecule has 0 radical (unpaired) electrons. The Balaban J connectivity index is 2.04. The van der Waals surface area contributed by atoms with Crippen molar-refractivity contribution in [2.45, 2.75) is 33.1 Å². The lowest BCUT2D eigenvalue weighted by molar-refractivity contribution is -0.137. The molecule has 1 unspecified atom stereocenters. The molecule has 30 heavy (non-hydrogen) atoms. The summed E-state index contributed by atoms with van der Waals surface area (Å²) in [5.74, 6) is 0.538. The minimum Gasteiger partial charge on any atom is -0.351 e. The second-order valence-electron chi connectivity index (χ2n) is 7.44. The molecule has 1 N–H and O–H groups in total. The van der Waals surface area contributed by atoms with Crippen molar-refractivity contribution in [2.75, 3.05) is 18.9 Å². The van der Waals surface area contributed by atoms with Crippen LogP contribution in [0, 0.1) is 13.8 Å². The van der Waals surface area contributed by atoms with Gasteiger partial charge in [0, 0.05) is 5.56 Å². The van der Waals surface area contributed by atoms with Crippen molar-refractivity contribution in [1.29, 1.82) is 0 Å². The lowest BCUT2D eigenvalue weighted by Gasteiger charge is -2.30. The maximum atomic E-state index is 13.5. The van der Waals surface area contributed by atoms with Crippen LogP contribution in [0.3, 0.4) is 0 Å². The Morgan fingerprint density at radius 1 is 1.00 bits per heavy atom. The summed E-state index contributed by atoms with van der Waals surface area (Å²) in [7, 11) is 2.00. The highest BCUT2D eigenvalue weighted by Crippen LogP contribution is 2.37. The minimum atomic E-state index is -4.44. The second kappa shape index (κ2) is 8.88. The van der Waals surface area contributed by atoms with E-state index in [0.717, 1.165) is 29.3 Å². The molecule has 1 aromatic heterocycles. The zero-order chi connectivity index (χ0) is 21.9. The number of alkyl halides is 3. The molecule has 0 saturated heterocycles. The van der Waals surface area contributed by atoms with Gasteiger partial charge in [0.05, 0.1) is 11.3 Å². The normalized spacial score (nSPS) is 12.8. The monoisotopic (exact) mass is 413 g/mol. The van der Waals surface area contributed by atoms with Crippen LogP contribution >= 0.6 is 0 Å². The number of aryl methyl sites for hydroxylation is 2. The molecule has 1 atom stereocenters. The maximum Gasteiger partial charge on any atom is 0.417 e. The van der Waals surface area contributed by atoms with E-state index in [9.17, 15) is 13.2 Å². The molecule has 2 aromatic carbocycles. The van der Waals surface area contributed by atoms with Gasteiger partial charge < -0.3 is 5.32 Å². The standard InChI is InChI=1S/C24H26F3N3/c1-5-30(4)23(18-11-7-6-10-17(18)3)29-22-15-16(2)14-21(28-22)19-12-8-9-13-20(19)24(25,26)27/h6-15,23H,5H2,1-4H3,(H,28,29). The number of benzene rings is 2. The third-order valence-electron chi connectivity index (χ3n) is 5.19. The Morgan fingerprint density at radius 2 is 1.67 bits per heavy atom. The van der Waals surface area contributed by atoms with E-state index in [1.165, 1.54) is 12.1 Å². The Hall–Kier alpha value is -2.86. The predicted octanol–water partition coefficient (Wildman–Crippen LogP) is 6.45. The molecule has 0 fully saturated rings. The van der Waals surface area contributed by atoms with E-state index in [-0.39, 0.29) is 11.7 Å². The molecule has 158 valence electrons. The zero-order valence-electron chi connectivity index (χ0n) is 17.6. The van der Waals surface area contributed by atoms with E-state index in [1.54, 1.807) is 12.1 Å². The first-order valence-corrected chi connectivity index (χ1v) is 9.88. The van der Waals surface area contributed by atoms with Crippen molar-refractivity contribution in [1.82, 2.24) is 9.88 Å². The molecule has 0 aliphatic rings. The molecular weight excluding hydrogens is 387 g/mol. The third-order valence-corrected chi connectivity index (χ3v) is 5.19. The molecule has 3 aromatic rings. The summed E-state index contributed by atoms with van der Waals surface area (Å²) in [6.45, 7) is 6.75. The maximum absolute atomic E-state index is 13.5. The topological polar surface area (TPSA) is 28.2 Å². The highest BCUT2D eigenvalue weighted by Gasteiger charge is 2.33. The lowest BCUT2D eigenvalue weighted by atomic mass is 10.0. The Labute approximate surface area is 175 Å². The first kappa shape index (κ1) is 21.8. The summed E-state index contributed by atoms with van der Waals surface area (Å²) in [6.07, 6.45) is -4.60. The number of nitrogens with one attached hydrogen (secondary N) is 1. The van der Waals surface area contributed by atoms with Gasteiger partial charge >= 0.3 is 6.18 Å². The summed E-state index contributed by atoms with van der Waals surface area (Å²) in [4.78, 5) is 6.69. The number of anilines is 1. The van der Waals surface area contributed by atoms with Crippen molar-refractivity contribution in [3.63, 3.8) is 0 Å². The van der Waals surface area contributed by atoms with Crippen LogP contribution in [0.25, 0.3) is 11.3 Å². The fourth-order valence-corrected chi connectivity index (χ4v) is 3.47. The van der Waals surface area contributed by atoms with Gasteiger partial charge in [-0.3, -0.25) is 4.90 Å². The first-order chi connectivity index (χ1) is 14.2. The number of halogens is 3. The molecule has 0 aliphatic carbocycles. The second-order valence-corrected chi connectivity index (χ2v) is 7.44. The summed E-state index contributed by atoms with van der Waals surface area (Å²) in [5.41, 5.74) is 2.76. The van der Waals surface area contributed by atoms with E-state index in [0.29, 0.717) is 11.5 Å². The van der Waals surface area contributed by atoms with Gasteiger partial charge in [0.1, 0.15) is 12.0 Å². The zero-order valence-corrected chi connectivity index (χ0v) is 17.6. The van der Waals surface area contributed by atoms with E-state index in [2.05, 4.69) is 28.2 Å². The highest BCUT2D eigenvalue weighted by molar-refractivity contribution is 5.67. The van der Waals surface area contributed by atoms with Crippen LogP contribution in [-0.4, -0.2) is 23.5 Å². The van der Waals surface area contributed by atoms with Crippen LogP contribution in [0.15, 0.2) is 60.7 Å². The minimum absolute atomic E-state index is 0.0769.